The van der Waals surface area contributed by atoms with Crippen molar-refractivity contribution in [3.8, 4) is 0 Å². The molecule has 3 rings (SSSR count). The molecule has 2 nitrogen and oxygen atoms in total. The van der Waals surface area contributed by atoms with Crippen LogP contribution in [-0.2, 0) is 9.47 Å². The van der Waals surface area contributed by atoms with Crippen LogP contribution in [-0.4, -0.2) is 12.9 Å². The average molecular weight is 425 g/mol. The Bertz CT molecular complexity index is 748. The van der Waals surface area contributed by atoms with Crippen LogP contribution in [0.1, 0.15) is 74.1 Å². The normalized spacial score (nSPS) is 28.3. The smallest absolute Gasteiger partial charge is 0.196 e. The summed E-state index contributed by atoms with van der Waals surface area (Å²) < 4.78 is 12.4. The molecule has 0 N–H and O–H groups in total. The highest BCUT2D eigenvalue weighted by atomic mass is 16.7. The quantitative estimate of drug-likeness (QED) is 0.385. The molecule has 3 unspecified atom stereocenters. The maximum atomic E-state index is 6.30. The summed E-state index contributed by atoms with van der Waals surface area (Å²) in [6.45, 7) is 16.9. The number of rotatable bonds is 7. The van der Waals surface area contributed by atoms with Gasteiger partial charge in [-0.1, -0.05) is 90.8 Å². The van der Waals surface area contributed by atoms with Crippen molar-refractivity contribution < 1.29 is 9.47 Å². The maximum Gasteiger partial charge on any atom is 0.196 e. The van der Waals surface area contributed by atoms with Crippen LogP contribution < -0.4 is 0 Å². The van der Waals surface area contributed by atoms with Gasteiger partial charge in [0.25, 0.3) is 0 Å². The second-order valence-electron chi connectivity index (χ2n) is 11.3. The number of fused-ring (bicyclic) bond motifs is 1. The van der Waals surface area contributed by atoms with E-state index in [1.807, 2.05) is 6.92 Å². The van der Waals surface area contributed by atoms with Crippen molar-refractivity contribution >= 4 is 0 Å². The number of hydrogen-bond acceptors (Lipinski definition) is 2. The molecule has 1 saturated carbocycles. The van der Waals surface area contributed by atoms with Gasteiger partial charge in [-0.15, -0.1) is 0 Å². The first kappa shape index (κ1) is 24.1. The largest absolute Gasteiger partial charge is 0.469 e. The lowest BCUT2D eigenvalue weighted by molar-refractivity contribution is -0.119. The fourth-order valence-electron chi connectivity index (χ4n) is 5.63. The van der Waals surface area contributed by atoms with Gasteiger partial charge in [0.05, 0.1) is 12.5 Å². The summed E-state index contributed by atoms with van der Waals surface area (Å²) in [5, 5.41) is 0. The van der Waals surface area contributed by atoms with Gasteiger partial charge < -0.3 is 9.47 Å². The molecule has 0 amide bonds. The lowest BCUT2D eigenvalue weighted by Crippen LogP contribution is -2.28. The zero-order valence-electron chi connectivity index (χ0n) is 20.9. The molecule has 172 valence electrons. The third-order valence-electron chi connectivity index (χ3n) is 7.09. The summed E-state index contributed by atoms with van der Waals surface area (Å²) in [5.41, 5.74) is 2.96. The Balaban J connectivity index is 1.65. The molecule has 0 aromatic heterocycles. The SMILES string of the molecule is CC1CCC(COC(C)OC2=CC=CC3=CC2C=CC=C3C(C(C)C)C(C)(C)C)CC1. The minimum absolute atomic E-state index is 0.146. The van der Waals surface area contributed by atoms with Gasteiger partial charge >= 0.3 is 0 Å². The van der Waals surface area contributed by atoms with Crippen LogP contribution >= 0.6 is 0 Å². The van der Waals surface area contributed by atoms with Crippen LogP contribution in [0.4, 0.5) is 0 Å². The zero-order chi connectivity index (χ0) is 22.6. The summed E-state index contributed by atoms with van der Waals surface area (Å²) in [7, 11) is 0. The Kier molecular flexibility index (Phi) is 8.08. The van der Waals surface area contributed by atoms with E-state index < -0.39 is 0 Å². The van der Waals surface area contributed by atoms with Crippen molar-refractivity contribution in [1.29, 1.82) is 0 Å². The van der Waals surface area contributed by atoms with Crippen LogP contribution in [0.5, 0.6) is 0 Å². The summed E-state index contributed by atoms with van der Waals surface area (Å²) in [4.78, 5) is 0. The predicted molar refractivity (Wildman–Crippen MR) is 131 cm³/mol. The van der Waals surface area contributed by atoms with Crippen molar-refractivity contribution in [3.05, 3.63) is 59.4 Å². The Morgan fingerprint density at radius 1 is 1.00 bits per heavy atom. The summed E-state index contributed by atoms with van der Waals surface area (Å²) in [6, 6.07) is 0. The molecular weight excluding hydrogens is 380 g/mol. The molecule has 0 saturated heterocycles. The first-order chi connectivity index (χ1) is 14.6. The molecule has 3 aliphatic rings. The number of ether oxygens (including phenoxy) is 2. The molecule has 3 aliphatic carbocycles. The topological polar surface area (TPSA) is 18.5 Å². The minimum atomic E-state index is -0.226. The highest BCUT2D eigenvalue weighted by Gasteiger charge is 2.33. The molecule has 0 aliphatic heterocycles. The maximum absolute atomic E-state index is 6.30. The van der Waals surface area contributed by atoms with E-state index in [-0.39, 0.29) is 17.6 Å². The molecule has 0 aromatic carbocycles. The zero-order valence-corrected chi connectivity index (χ0v) is 20.9. The van der Waals surface area contributed by atoms with Crippen molar-refractivity contribution in [1.82, 2.24) is 0 Å². The molecule has 0 spiro atoms. The lowest BCUT2D eigenvalue weighted by Gasteiger charge is -2.36. The predicted octanol–water partition coefficient (Wildman–Crippen LogP) is 8.00. The highest BCUT2D eigenvalue weighted by Crippen LogP contribution is 2.43. The second kappa shape index (κ2) is 10.4. The van der Waals surface area contributed by atoms with Gasteiger partial charge in [-0.2, -0.15) is 0 Å². The third kappa shape index (κ3) is 6.48. The van der Waals surface area contributed by atoms with Gasteiger partial charge in [0.15, 0.2) is 6.29 Å². The van der Waals surface area contributed by atoms with E-state index in [0.29, 0.717) is 17.8 Å². The Labute approximate surface area is 191 Å². The van der Waals surface area contributed by atoms with Crippen LogP contribution in [0.25, 0.3) is 0 Å². The Morgan fingerprint density at radius 3 is 2.35 bits per heavy atom. The van der Waals surface area contributed by atoms with E-state index in [2.05, 4.69) is 84.1 Å². The van der Waals surface area contributed by atoms with Crippen molar-refractivity contribution in [2.24, 2.45) is 35.0 Å². The molecule has 0 aromatic rings. The lowest BCUT2D eigenvalue weighted by atomic mass is 9.68. The van der Waals surface area contributed by atoms with Crippen molar-refractivity contribution in [3.63, 3.8) is 0 Å². The summed E-state index contributed by atoms with van der Waals surface area (Å²) in [6.07, 6.45) is 20.7. The van der Waals surface area contributed by atoms with E-state index in [1.54, 1.807) is 0 Å². The van der Waals surface area contributed by atoms with E-state index in [0.717, 1.165) is 18.3 Å². The summed E-state index contributed by atoms with van der Waals surface area (Å²) in [5.74, 6) is 3.75. The van der Waals surface area contributed by atoms with Gasteiger partial charge in [-0.3, -0.25) is 0 Å². The molecule has 0 heterocycles. The van der Waals surface area contributed by atoms with Gasteiger partial charge in [0.2, 0.25) is 0 Å². The summed E-state index contributed by atoms with van der Waals surface area (Å²) >= 11 is 0. The fourth-order valence-corrected chi connectivity index (χ4v) is 5.63. The molecule has 31 heavy (non-hydrogen) atoms. The fraction of sp³-hybridized carbons (Fsp3) is 0.655. The van der Waals surface area contributed by atoms with E-state index in [4.69, 9.17) is 9.47 Å². The highest BCUT2D eigenvalue weighted by molar-refractivity contribution is 5.50. The van der Waals surface area contributed by atoms with Crippen LogP contribution in [0.2, 0.25) is 0 Å². The average Bonchev–Trinajstić information content (AvgIpc) is 3.00. The first-order valence-corrected chi connectivity index (χ1v) is 12.4. The Morgan fingerprint density at radius 2 is 1.71 bits per heavy atom. The van der Waals surface area contributed by atoms with Crippen LogP contribution in [0.15, 0.2) is 59.4 Å². The number of hydrogen-bond donors (Lipinski definition) is 0. The van der Waals surface area contributed by atoms with Crippen molar-refractivity contribution in [2.75, 3.05) is 6.61 Å². The van der Waals surface area contributed by atoms with Crippen LogP contribution in [0.3, 0.4) is 0 Å². The van der Waals surface area contributed by atoms with E-state index >= 15 is 0 Å². The van der Waals surface area contributed by atoms with E-state index in [9.17, 15) is 0 Å². The molecule has 2 heteroatoms. The van der Waals surface area contributed by atoms with Gasteiger partial charge in [0.1, 0.15) is 5.76 Å². The molecule has 0 radical (unpaired) electrons. The first-order valence-electron chi connectivity index (χ1n) is 12.4. The second-order valence-corrected chi connectivity index (χ2v) is 11.3. The molecule has 2 bridgehead atoms. The Hall–Kier alpha value is -1.54. The standard InChI is InChI=1S/C29H44O2/c1-20(2)28(29(5,6)7)26-12-8-11-25-18-24(26)10-9-13-27(25)31-22(4)30-19-23-16-14-21(3)15-17-23/h8-13,18,20-23,25,28H,14-17,19H2,1-7H3. The third-order valence-corrected chi connectivity index (χ3v) is 7.09. The monoisotopic (exact) mass is 424 g/mol. The minimum Gasteiger partial charge on any atom is -0.469 e. The van der Waals surface area contributed by atoms with Gasteiger partial charge in [0, 0.05) is 0 Å². The number of allylic oxidation sites excluding steroid dienone is 8. The van der Waals surface area contributed by atoms with Gasteiger partial charge in [-0.05, 0) is 66.1 Å². The van der Waals surface area contributed by atoms with Gasteiger partial charge in [-0.25, -0.2) is 0 Å². The van der Waals surface area contributed by atoms with E-state index in [1.165, 1.54) is 36.8 Å². The molecule has 1 fully saturated rings. The molecule has 3 atom stereocenters. The van der Waals surface area contributed by atoms with Crippen molar-refractivity contribution in [2.45, 2.75) is 80.4 Å². The molecular formula is C29H44O2. The van der Waals surface area contributed by atoms with Crippen LogP contribution in [0, 0.1) is 35.0 Å².